The number of halogens is 2. The van der Waals surface area contributed by atoms with Gasteiger partial charge in [-0.05, 0) is 55.8 Å². The molecule has 0 heterocycles. The van der Waals surface area contributed by atoms with Crippen molar-refractivity contribution in [3.63, 3.8) is 0 Å². The molecule has 2 rings (SSSR count). The van der Waals surface area contributed by atoms with E-state index < -0.39 is 0 Å². The molecule has 1 amide bonds. The van der Waals surface area contributed by atoms with E-state index >= 15 is 0 Å². The maximum absolute atomic E-state index is 12.0. The van der Waals surface area contributed by atoms with Crippen LogP contribution in [0.1, 0.15) is 36.8 Å². The Morgan fingerprint density at radius 3 is 2.86 bits per heavy atom. The van der Waals surface area contributed by atoms with Crippen molar-refractivity contribution in [1.82, 2.24) is 5.32 Å². The molecule has 3 N–H and O–H groups in total. The Balaban J connectivity index is 0.00000220. The monoisotopic (exact) mass is 374 g/mol. The Hall–Kier alpha value is -0.580. The maximum Gasteiger partial charge on any atom is 0.220 e. The molecule has 1 aromatic rings. The summed E-state index contributed by atoms with van der Waals surface area (Å²) in [6, 6.07) is 6.54. The molecule has 3 nitrogen and oxygen atoms in total. The number of rotatable bonds is 5. The van der Waals surface area contributed by atoms with Crippen molar-refractivity contribution in [2.75, 3.05) is 6.54 Å². The highest BCUT2D eigenvalue weighted by Gasteiger charge is 2.26. The summed E-state index contributed by atoms with van der Waals surface area (Å²) in [5.74, 6) is 0.616. The van der Waals surface area contributed by atoms with Crippen LogP contribution in [0.5, 0.6) is 0 Å². The average Bonchev–Trinajstić information content (AvgIpc) is 2.87. The average molecular weight is 376 g/mol. The standard InChI is InChI=1S/C16H23BrN2O.ClH/c1-11-9-12(5-7-14(11)17)6-8-16(20)19-15-4-2-3-13(15)10-18;/h5,7,9,13,15H,2-4,6,8,10,18H2,1H3,(H,19,20);1H. The van der Waals surface area contributed by atoms with Crippen LogP contribution >= 0.6 is 28.3 Å². The highest BCUT2D eigenvalue weighted by Crippen LogP contribution is 2.24. The zero-order valence-electron chi connectivity index (χ0n) is 12.4. The van der Waals surface area contributed by atoms with Crippen molar-refractivity contribution in [2.24, 2.45) is 11.7 Å². The van der Waals surface area contributed by atoms with E-state index in [2.05, 4.69) is 40.3 Å². The molecule has 1 saturated carbocycles. The van der Waals surface area contributed by atoms with E-state index in [0.717, 1.165) is 23.7 Å². The van der Waals surface area contributed by atoms with Crippen molar-refractivity contribution < 1.29 is 4.79 Å². The van der Waals surface area contributed by atoms with Crippen molar-refractivity contribution >= 4 is 34.2 Å². The molecule has 0 aromatic heterocycles. The molecule has 0 aliphatic heterocycles. The number of aryl methyl sites for hydroxylation is 2. The minimum atomic E-state index is 0. The van der Waals surface area contributed by atoms with Crippen LogP contribution in [0.4, 0.5) is 0 Å². The lowest BCUT2D eigenvalue weighted by atomic mass is 10.0. The molecule has 118 valence electrons. The molecule has 2 atom stereocenters. The molecule has 1 aromatic carbocycles. The first-order chi connectivity index (χ1) is 9.60. The van der Waals surface area contributed by atoms with Crippen molar-refractivity contribution in [1.29, 1.82) is 0 Å². The zero-order valence-corrected chi connectivity index (χ0v) is 14.8. The van der Waals surface area contributed by atoms with Gasteiger partial charge in [-0.1, -0.05) is 34.5 Å². The van der Waals surface area contributed by atoms with Gasteiger partial charge >= 0.3 is 0 Å². The number of hydrogen-bond donors (Lipinski definition) is 2. The van der Waals surface area contributed by atoms with Crippen LogP contribution in [0.3, 0.4) is 0 Å². The van der Waals surface area contributed by atoms with E-state index in [0.29, 0.717) is 24.9 Å². The van der Waals surface area contributed by atoms with Gasteiger partial charge in [-0.15, -0.1) is 12.4 Å². The first-order valence-corrected chi connectivity index (χ1v) is 8.14. The van der Waals surface area contributed by atoms with E-state index in [4.69, 9.17) is 5.73 Å². The zero-order chi connectivity index (χ0) is 14.5. The second-order valence-corrected chi connectivity index (χ2v) is 6.54. The molecule has 1 aliphatic carbocycles. The quantitative estimate of drug-likeness (QED) is 0.829. The Kier molecular flexibility index (Phi) is 7.71. The lowest BCUT2D eigenvalue weighted by Crippen LogP contribution is -2.39. The molecule has 0 spiro atoms. The number of nitrogens with two attached hydrogens (primary N) is 1. The van der Waals surface area contributed by atoms with Crippen molar-refractivity contribution in [3.05, 3.63) is 33.8 Å². The van der Waals surface area contributed by atoms with Crippen molar-refractivity contribution in [3.8, 4) is 0 Å². The lowest BCUT2D eigenvalue weighted by molar-refractivity contribution is -0.122. The topological polar surface area (TPSA) is 55.1 Å². The summed E-state index contributed by atoms with van der Waals surface area (Å²) in [4.78, 5) is 12.0. The fraction of sp³-hybridized carbons (Fsp3) is 0.562. The smallest absolute Gasteiger partial charge is 0.220 e. The summed E-state index contributed by atoms with van der Waals surface area (Å²) in [6.45, 7) is 2.74. The van der Waals surface area contributed by atoms with Crippen LogP contribution in [-0.4, -0.2) is 18.5 Å². The van der Waals surface area contributed by atoms with E-state index in [-0.39, 0.29) is 18.3 Å². The SMILES string of the molecule is Cc1cc(CCC(=O)NC2CCCC2CN)ccc1Br.Cl. The molecule has 0 radical (unpaired) electrons. The number of nitrogens with one attached hydrogen (secondary N) is 1. The van der Waals surface area contributed by atoms with E-state index in [1.807, 2.05) is 6.07 Å². The van der Waals surface area contributed by atoms with Gasteiger partial charge in [-0.2, -0.15) is 0 Å². The van der Waals surface area contributed by atoms with Crippen LogP contribution in [0.25, 0.3) is 0 Å². The highest BCUT2D eigenvalue weighted by atomic mass is 79.9. The number of benzene rings is 1. The Morgan fingerprint density at radius 1 is 1.43 bits per heavy atom. The summed E-state index contributed by atoms with van der Waals surface area (Å²) in [5, 5.41) is 3.15. The van der Waals surface area contributed by atoms with Crippen molar-refractivity contribution in [2.45, 2.75) is 45.1 Å². The Bertz CT molecular complexity index is 481. The first-order valence-electron chi connectivity index (χ1n) is 7.34. The van der Waals surface area contributed by atoms with Crippen LogP contribution in [0.15, 0.2) is 22.7 Å². The van der Waals surface area contributed by atoms with Gasteiger partial charge in [0.05, 0.1) is 0 Å². The molecular weight excluding hydrogens is 352 g/mol. The van der Waals surface area contributed by atoms with Crippen LogP contribution < -0.4 is 11.1 Å². The minimum absolute atomic E-state index is 0. The normalized spacial score (nSPS) is 20.9. The Morgan fingerprint density at radius 2 is 2.19 bits per heavy atom. The molecule has 2 unspecified atom stereocenters. The number of hydrogen-bond acceptors (Lipinski definition) is 2. The second kappa shape index (κ2) is 8.76. The first kappa shape index (κ1) is 18.5. The number of carbonyl (C=O) groups is 1. The largest absolute Gasteiger partial charge is 0.353 e. The van der Waals surface area contributed by atoms with Gasteiger partial charge in [0, 0.05) is 16.9 Å². The molecule has 0 saturated heterocycles. The van der Waals surface area contributed by atoms with Gasteiger partial charge in [0.1, 0.15) is 0 Å². The minimum Gasteiger partial charge on any atom is -0.353 e. The van der Waals surface area contributed by atoms with Crippen LogP contribution in [0, 0.1) is 12.8 Å². The van der Waals surface area contributed by atoms with Gasteiger partial charge in [-0.3, -0.25) is 4.79 Å². The number of carbonyl (C=O) groups excluding carboxylic acids is 1. The van der Waals surface area contributed by atoms with E-state index in [9.17, 15) is 4.79 Å². The van der Waals surface area contributed by atoms with Crippen LogP contribution in [-0.2, 0) is 11.2 Å². The summed E-state index contributed by atoms with van der Waals surface area (Å²) < 4.78 is 1.11. The molecule has 0 bridgehead atoms. The van der Waals surface area contributed by atoms with Gasteiger partial charge in [0.2, 0.25) is 5.91 Å². The third-order valence-electron chi connectivity index (χ3n) is 4.17. The van der Waals surface area contributed by atoms with Gasteiger partial charge < -0.3 is 11.1 Å². The predicted molar refractivity (Wildman–Crippen MR) is 92.8 cm³/mol. The predicted octanol–water partition coefficient (Wildman–Crippen LogP) is 3.36. The van der Waals surface area contributed by atoms with Crippen LogP contribution in [0.2, 0.25) is 0 Å². The lowest BCUT2D eigenvalue weighted by Gasteiger charge is -2.19. The molecular formula is C16H24BrClN2O. The number of amides is 1. The van der Waals surface area contributed by atoms with E-state index in [1.54, 1.807) is 0 Å². The third-order valence-corrected chi connectivity index (χ3v) is 5.06. The molecule has 21 heavy (non-hydrogen) atoms. The fourth-order valence-corrected chi connectivity index (χ4v) is 3.15. The second-order valence-electron chi connectivity index (χ2n) is 5.68. The summed E-state index contributed by atoms with van der Waals surface area (Å²) >= 11 is 3.49. The molecule has 1 aliphatic rings. The molecule has 1 fully saturated rings. The van der Waals surface area contributed by atoms with Gasteiger partial charge in [0.25, 0.3) is 0 Å². The Labute approximate surface area is 141 Å². The summed E-state index contributed by atoms with van der Waals surface area (Å²) in [5.41, 5.74) is 8.16. The van der Waals surface area contributed by atoms with E-state index in [1.165, 1.54) is 17.5 Å². The summed E-state index contributed by atoms with van der Waals surface area (Å²) in [7, 11) is 0. The maximum atomic E-state index is 12.0. The summed E-state index contributed by atoms with van der Waals surface area (Å²) in [6.07, 6.45) is 4.74. The fourth-order valence-electron chi connectivity index (χ4n) is 2.91. The van der Waals surface area contributed by atoms with Gasteiger partial charge in [-0.25, -0.2) is 0 Å². The highest BCUT2D eigenvalue weighted by molar-refractivity contribution is 9.10. The van der Waals surface area contributed by atoms with Gasteiger partial charge in [0.15, 0.2) is 0 Å². The molecule has 5 heteroatoms. The third kappa shape index (κ3) is 5.28.